The summed E-state index contributed by atoms with van der Waals surface area (Å²) in [6.45, 7) is 4.30. The van der Waals surface area contributed by atoms with Crippen LogP contribution in [0.25, 0.3) is 0 Å². The number of benzene rings is 2. The van der Waals surface area contributed by atoms with Crippen molar-refractivity contribution in [3.63, 3.8) is 0 Å². The minimum atomic E-state index is -0.436. The Hall–Kier alpha value is -2.18. The van der Waals surface area contributed by atoms with Gasteiger partial charge in [-0.1, -0.05) is 74.5 Å². The van der Waals surface area contributed by atoms with Crippen LogP contribution in [0.3, 0.4) is 0 Å². The van der Waals surface area contributed by atoms with E-state index in [0.29, 0.717) is 0 Å². The minimum Gasteiger partial charge on any atom is -0.197 e. The summed E-state index contributed by atoms with van der Waals surface area (Å²) in [4.78, 5) is 0. The number of hydrogen-bond acceptors (Lipinski definition) is 3. The van der Waals surface area contributed by atoms with Gasteiger partial charge in [0.2, 0.25) is 0 Å². The molecule has 0 aromatic heterocycles. The predicted octanol–water partition coefficient (Wildman–Crippen LogP) is 6.78. The zero-order valence-corrected chi connectivity index (χ0v) is 18.0. The summed E-state index contributed by atoms with van der Waals surface area (Å²) in [7, 11) is 1.74. The molecule has 4 heteroatoms. The fraction of sp³-hybridized carbons (Fsp3) is 0.458. The van der Waals surface area contributed by atoms with Crippen molar-refractivity contribution in [2.75, 3.05) is 7.05 Å². The van der Waals surface area contributed by atoms with E-state index in [9.17, 15) is 5.26 Å². The molecule has 2 unspecified atom stereocenters. The highest BCUT2D eigenvalue weighted by molar-refractivity contribution is 5.85. The third-order valence-corrected chi connectivity index (χ3v) is 5.47. The number of aryl methyl sites for hydroxylation is 1. The molecule has 3 nitrogen and oxygen atoms in total. The molecule has 2 rings (SSSR count). The van der Waals surface area contributed by atoms with E-state index in [4.69, 9.17) is 0 Å². The first kappa shape index (κ1) is 23.9. The molecule has 0 spiro atoms. The molecule has 0 aliphatic carbocycles. The lowest BCUT2D eigenvalue weighted by molar-refractivity contribution is 0.347. The fourth-order valence-corrected chi connectivity index (χ4v) is 3.77. The lowest BCUT2D eigenvalue weighted by Gasteiger charge is -2.31. The summed E-state index contributed by atoms with van der Waals surface area (Å²) < 4.78 is 0. The van der Waals surface area contributed by atoms with Gasteiger partial charge in [0.1, 0.15) is 0 Å². The van der Waals surface area contributed by atoms with Crippen molar-refractivity contribution in [3.05, 3.63) is 71.8 Å². The van der Waals surface area contributed by atoms with Crippen LogP contribution in [0.4, 0.5) is 0 Å². The Morgan fingerprint density at radius 2 is 1.57 bits per heavy atom. The smallest absolute Gasteiger partial charge is 0.0845 e. The quantitative estimate of drug-likeness (QED) is 0.407. The standard InChI is InChI=1S/C24H31N3.ClH/c1-20(2)24(19-25,22-13-8-5-9-14-22)18-10-15-23(27-26-3)17-16-21-11-6-4-7-12-21;/h4-9,11-14,20,23H,10,15-18H2,1-3H3;1H/b27-26+;. The number of nitrogens with zero attached hydrogens (tertiary/aromatic N) is 3. The molecule has 0 radical (unpaired) electrons. The Kier molecular flexibility index (Phi) is 10.5. The first-order valence-electron chi connectivity index (χ1n) is 9.92. The molecule has 28 heavy (non-hydrogen) atoms. The maximum Gasteiger partial charge on any atom is 0.0845 e. The molecule has 0 heterocycles. The van der Waals surface area contributed by atoms with E-state index in [1.807, 2.05) is 24.3 Å². The Bertz CT molecular complexity index is 737. The van der Waals surface area contributed by atoms with Crippen molar-refractivity contribution >= 4 is 12.4 Å². The van der Waals surface area contributed by atoms with Crippen molar-refractivity contribution in [3.8, 4) is 6.07 Å². The Labute approximate surface area is 176 Å². The van der Waals surface area contributed by atoms with Crippen molar-refractivity contribution in [1.82, 2.24) is 0 Å². The summed E-state index contributed by atoms with van der Waals surface area (Å²) in [5.41, 5.74) is 2.03. The van der Waals surface area contributed by atoms with Crippen LogP contribution in [-0.2, 0) is 11.8 Å². The number of hydrogen-bond donors (Lipinski definition) is 0. The van der Waals surface area contributed by atoms with E-state index in [2.05, 4.69) is 66.5 Å². The lowest BCUT2D eigenvalue weighted by atomic mass is 9.69. The van der Waals surface area contributed by atoms with Gasteiger partial charge in [0.15, 0.2) is 0 Å². The SMILES string of the molecule is C/N=N/C(CCCC(C#N)(c1ccccc1)C(C)C)CCc1ccccc1.Cl. The molecule has 0 fully saturated rings. The average Bonchev–Trinajstić information content (AvgIpc) is 2.70. The van der Waals surface area contributed by atoms with E-state index < -0.39 is 5.41 Å². The normalized spacial score (nSPS) is 14.2. The third kappa shape index (κ3) is 6.46. The van der Waals surface area contributed by atoms with Crippen molar-refractivity contribution in [2.45, 2.75) is 57.4 Å². The Balaban J connectivity index is 0.00000392. The van der Waals surface area contributed by atoms with E-state index in [1.165, 1.54) is 5.56 Å². The first-order chi connectivity index (χ1) is 13.1. The van der Waals surface area contributed by atoms with Gasteiger partial charge in [-0.3, -0.25) is 0 Å². The number of rotatable bonds is 10. The maximum absolute atomic E-state index is 10.0. The minimum absolute atomic E-state index is 0. The summed E-state index contributed by atoms with van der Waals surface area (Å²) in [6.07, 6.45) is 4.79. The molecule has 0 saturated carbocycles. The van der Waals surface area contributed by atoms with Gasteiger partial charge in [-0.2, -0.15) is 15.5 Å². The second-order valence-electron chi connectivity index (χ2n) is 7.49. The van der Waals surface area contributed by atoms with E-state index in [0.717, 1.165) is 37.7 Å². The number of azo groups is 1. The second kappa shape index (κ2) is 12.3. The van der Waals surface area contributed by atoms with Gasteiger partial charge in [0, 0.05) is 7.05 Å². The topological polar surface area (TPSA) is 48.5 Å². The second-order valence-corrected chi connectivity index (χ2v) is 7.49. The van der Waals surface area contributed by atoms with Crippen LogP contribution in [0.5, 0.6) is 0 Å². The van der Waals surface area contributed by atoms with Gasteiger partial charge in [-0.25, -0.2) is 0 Å². The fourth-order valence-electron chi connectivity index (χ4n) is 3.77. The third-order valence-electron chi connectivity index (χ3n) is 5.47. The van der Waals surface area contributed by atoms with Gasteiger partial charge in [0.05, 0.1) is 17.5 Å². The van der Waals surface area contributed by atoms with Crippen LogP contribution in [0.1, 0.15) is 50.7 Å². The van der Waals surface area contributed by atoms with Crippen LogP contribution in [0.15, 0.2) is 70.9 Å². The van der Waals surface area contributed by atoms with E-state index in [1.54, 1.807) is 7.05 Å². The van der Waals surface area contributed by atoms with Crippen LogP contribution in [0, 0.1) is 17.2 Å². The summed E-state index contributed by atoms with van der Waals surface area (Å²) in [5.74, 6) is 0.264. The highest BCUT2D eigenvalue weighted by Crippen LogP contribution is 2.37. The van der Waals surface area contributed by atoms with E-state index in [-0.39, 0.29) is 24.4 Å². The maximum atomic E-state index is 10.0. The summed E-state index contributed by atoms with van der Waals surface area (Å²) in [5, 5.41) is 18.5. The van der Waals surface area contributed by atoms with E-state index >= 15 is 0 Å². The average molecular weight is 398 g/mol. The summed E-state index contributed by atoms with van der Waals surface area (Å²) in [6, 6.07) is 23.6. The monoisotopic (exact) mass is 397 g/mol. The zero-order valence-electron chi connectivity index (χ0n) is 17.2. The van der Waals surface area contributed by atoms with Gasteiger partial charge in [-0.05, 0) is 49.1 Å². The highest BCUT2D eigenvalue weighted by Gasteiger charge is 2.35. The molecule has 2 aromatic carbocycles. The zero-order chi connectivity index (χ0) is 19.5. The van der Waals surface area contributed by atoms with Gasteiger partial charge in [-0.15, -0.1) is 12.4 Å². The van der Waals surface area contributed by atoms with Crippen molar-refractivity contribution in [1.29, 1.82) is 5.26 Å². The molecule has 0 saturated heterocycles. The molecule has 2 aromatic rings. The molecular formula is C24H32ClN3. The highest BCUT2D eigenvalue weighted by atomic mass is 35.5. The molecule has 0 aliphatic heterocycles. The molecule has 0 amide bonds. The van der Waals surface area contributed by atoms with Crippen LogP contribution in [-0.4, -0.2) is 13.1 Å². The van der Waals surface area contributed by atoms with Crippen LogP contribution in [0.2, 0.25) is 0 Å². The lowest BCUT2D eigenvalue weighted by Crippen LogP contribution is -2.31. The van der Waals surface area contributed by atoms with Crippen molar-refractivity contribution in [2.24, 2.45) is 16.1 Å². The molecule has 150 valence electrons. The van der Waals surface area contributed by atoms with Crippen LogP contribution >= 0.6 is 12.4 Å². The first-order valence-corrected chi connectivity index (χ1v) is 9.92. The van der Waals surface area contributed by atoms with Crippen LogP contribution < -0.4 is 0 Å². The Morgan fingerprint density at radius 3 is 2.11 bits per heavy atom. The summed E-state index contributed by atoms with van der Waals surface area (Å²) >= 11 is 0. The molecular weight excluding hydrogens is 366 g/mol. The molecule has 0 N–H and O–H groups in total. The van der Waals surface area contributed by atoms with Gasteiger partial charge in [0.25, 0.3) is 0 Å². The van der Waals surface area contributed by atoms with Crippen molar-refractivity contribution < 1.29 is 0 Å². The number of nitriles is 1. The Morgan fingerprint density at radius 1 is 0.964 bits per heavy atom. The van der Waals surface area contributed by atoms with Gasteiger partial charge < -0.3 is 0 Å². The van der Waals surface area contributed by atoms with Gasteiger partial charge >= 0.3 is 0 Å². The largest absolute Gasteiger partial charge is 0.197 e. The molecule has 0 aliphatic rings. The molecule has 2 atom stereocenters. The predicted molar refractivity (Wildman–Crippen MR) is 119 cm³/mol. The number of halogens is 1. The molecule has 0 bridgehead atoms.